The summed E-state index contributed by atoms with van der Waals surface area (Å²) in [5.41, 5.74) is 0.625. The fraction of sp³-hybridized carbons (Fsp3) is 0.211. The topological polar surface area (TPSA) is 132 Å². The third-order valence-corrected chi connectivity index (χ3v) is 4.88. The molecule has 10 nitrogen and oxygen atoms in total. The molecule has 0 saturated carbocycles. The molecule has 3 N–H and O–H groups in total. The average molecular weight is 438 g/mol. The lowest BCUT2D eigenvalue weighted by Crippen LogP contribution is -2.11. The number of hydrogen-bond donors (Lipinski definition) is 3. The number of rotatable bonds is 9. The van der Waals surface area contributed by atoms with Crippen molar-refractivity contribution in [1.29, 1.82) is 0 Å². The Morgan fingerprint density at radius 2 is 1.53 bits per heavy atom. The van der Waals surface area contributed by atoms with Gasteiger partial charge in [0.15, 0.2) is 0 Å². The van der Waals surface area contributed by atoms with E-state index in [-0.39, 0.29) is 17.1 Å². The predicted octanol–water partition coefficient (Wildman–Crippen LogP) is 3.22. The molecule has 0 bridgehead atoms. The smallest absolute Gasteiger partial charge is 0.409 e. The van der Waals surface area contributed by atoms with Crippen LogP contribution < -0.4 is 29.0 Å². The minimum Gasteiger partial charge on any atom is -0.496 e. The zero-order valence-corrected chi connectivity index (χ0v) is 17.6. The van der Waals surface area contributed by atoms with E-state index in [1.807, 2.05) is 0 Å². The minimum atomic E-state index is -3.95. The van der Waals surface area contributed by atoms with Gasteiger partial charge in [0.1, 0.15) is 23.0 Å². The van der Waals surface area contributed by atoms with Crippen LogP contribution >= 0.6 is 0 Å². The number of carbonyl (C=O) groups is 1. The first-order valence-electron chi connectivity index (χ1n) is 8.42. The van der Waals surface area contributed by atoms with E-state index in [1.165, 1.54) is 52.7 Å². The lowest BCUT2D eigenvalue weighted by Gasteiger charge is -2.13. The van der Waals surface area contributed by atoms with Crippen LogP contribution in [-0.4, -0.2) is 48.1 Å². The highest BCUT2D eigenvalue weighted by molar-refractivity contribution is 7.95. The van der Waals surface area contributed by atoms with Crippen LogP contribution in [0.5, 0.6) is 23.0 Å². The number of sulfonamides is 1. The summed E-state index contributed by atoms with van der Waals surface area (Å²) in [6, 6.07) is 7.35. The van der Waals surface area contributed by atoms with Gasteiger partial charge in [-0.2, -0.15) is 0 Å². The third kappa shape index (κ3) is 5.70. The van der Waals surface area contributed by atoms with E-state index in [0.717, 1.165) is 5.41 Å². The summed E-state index contributed by atoms with van der Waals surface area (Å²) >= 11 is 0. The fourth-order valence-corrected chi connectivity index (χ4v) is 3.38. The monoisotopic (exact) mass is 438 g/mol. The summed E-state index contributed by atoms with van der Waals surface area (Å²) in [6.07, 6.45) is 0.00577. The summed E-state index contributed by atoms with van der Waals surface area (Å²) in [5, 5.41) is 12.0. The molecule has 11 heteroatoms. The number of hydrogen-bond acceptors (Lipinski definition) is 7. The van der Waals surface area contributed by atoms with Crippen LogP contribution in [0, 0.1) is 0 Å². The van der Waals surface area contributed by atoms with E-state index in [4.69, 9.17) is 24.1 Å². The molecular formula is C19H22N2O8S. The molecule has 0 heterocycles. The van der Waals surface area contributed by atoms with Gasteiger partial charge in [-0.15, -0.1) is 0 Å². The molecule has 0 aliphatic carbocycles. The maximum absolute atomic E-state index is 12.5. The lowest BCUT2D eigenvalue weighted by molar-refractivity contribution is 0.209. The maximum Gasteiger partial charge on any atom is 0.409 e. The van der Waals surface area contributed by atoms with Gasteiger partial charge in [-0.05, 0) is 24.3 Å². The Labute approximate surface area is 174 Å². The first-order valence-corrected chi connectivity index (χ1v) is 9.96. The van der Waals surface area contributed by atoms with Gasteiger partial charge in [0.25, 0.3) is 10.0 Å². The summed E-state index contributed by atoms with van der Waals surface area (Å²) in [5.74, 6) is 1.44. The third-order valence-electron chi connectivity index (χ3n) is 3.87. The van der Waals surface area contributed by atoms with E-state index < -0.39 is 16.1 Å². The predicted molar refractivity (Wildman–Crippen MR) is 112 cm³/mol. The van der Waals surface area contributed by atoms with Crippen LogP contribution in [0.4, 0.5) is 16.2 Å². The molecule has 0 aliphatic heterocycles. The van der Waals surface area contributed by atoms with Crippen LogP contribution in [0.2, 0.25) is 0 Å². The van der Waals surface area contributed by atoms with E-state index >= 15 is 0 Å². The molecule has 0 unspecified atom stereocenters. The Kier molecular flexibility index (Phi) is 7.37. The quantitative estimate of drug-likeness (QED) is 0.544. The molecule has 2 aromatic rings. The second kappa shape index (κ2) is 9.74. The summed E-state index contributed by atoms with van der Waals surface area (Å²) in [7, 11) is 1.77. The lowest BCUT2D eigenvalue weighted by atomic mass is 10.1. The number of amides is 1. The molecule has 0 saturated heterocycles. The van der Waals surface area contributed by atoms with Gasteiger partial charge in [0.05, 0.1) is 50.8 Å². The molecule has 2 rings (SSSR count). The fourth-order valence-electron chi connectivity index (χ4n) is 2.54. The van der Waals surface area contributed by atoms with Gasteiger partial charge in [0.2, 0.25) is 0 Å². The number of anilines is 2. The second-order valence-corrected chi connectivity index (χ2v) is 7.31. The maximum atomic E-state index is 12.5. The molecule has 0 aliphatic rings. The van der Waals surface area contributed by atoms with Gasteiger partial charge in [0, 0.05) is 12.1 Å². The van der Waals surface area contributed by atoms with Crippen molar-refractivity contribution in [3.63, 3.8) is 0 Å². The van der Waals surface area contributed by atoms with Gasteiger partial charge in [-0.1, -0.05) is 0 Å². The van der Waals surface area contributed by atoms with Gasteiger partial charge in [-0.25, -0.2) is 13.2 Å². The number of ether oxygens (including phenoxy) is 4. The molecule has 2 aromatic carbocycles. The van der Waals surface area contributed by atoms with Crippen LogP contribution in [0.1, 0.15) is 5.56 Å². The van der Waals surface area contributed by atoms with Crippen LogP contribution in [0.3, 0.4) is 0 Å². The van der Waals surface area contributed by atoms with E-state index in [1.54, 1.807) is 12.1 Å². The average Bonchev–Trinajstić information content (AvgIpc) is 2.71. The molecule has 30 heavy (non-hydrogen) atoms. The van der Waals surface area contributed by atoms with E-state index in [9.17, 15) is 13.2 Å². The normalized spacial score (nSPS) is 11.1. The Hall–Kier alpha value is -3.60. The Morgan fingerprint density at radius 1 is 0.933 bits per heavy atom. The van der Waals surface area contributed by atoms with Gasteiger partial charge < -0.3 is 24.1 Å². The van der Waals surface area contributed by atoms with Crippen molar-refractivity contribution in [2.24, 2.45) is 0 Å². The largest absolute Gasteiger partial charge is 0.496 e. The molecule has 0 fully saturated rings. The SMILES string of the molecule is COc1cc(OC)c(/C=C/S(=O)(=O)Nc2ccc(OC)c(NC(=O)O)c2)c(OC)c1. The summed E-state index contributed by atoms with van der Waals surface area (Å²) < 4.78 is 48.2. The van der Waals surface area contributed by atoms with Crippen molar-refractivity contribution in [1.82, 2.24) is 0 Å². The van der Waals surface area contributed by atoms with E-state index in [0.29, 0.717) is 22.8 Å². The van der Waals surface area contributed by atoms with Crippen molar-refractivity contribution in [2.75, 3.05) is 38.5 Å². The molecule has 0 spiro atoms. The minimum absolute atomic E-state index is 0.0904. The number of nitrogens with one attached hydrogen (secondary N) is 2. The van der Waals surface area contributed by atoms with E-state index in [2.05, 4.69) is 10.0 Å². The summed E-state index contributed by atoms with van der Waals surface area (Å²) in [6.45, 7) is 0. The highest BCUT2D eigenvalue weighted by Crippen LogP contribution is 2.35. The molecule has 0 aromatic heterocycles. The van der Waals surface area contributed by atoms with Crippen LogP contribution in [0.15, 0.2) is 35.7 Å². The molecule has 0 radical (unpaired) electrons. The first kappa shape index (κ1) is 22.7. The van der Waals surface area contributed by atoms with Crippen molar-refractivity contribution < 1.29 is 37.3 Å². The van der Waals surface area contributed by atoms with Crippen molar-refractivity contribution >= 4 is 33.6 Å². The van der Waals surface area contributed by atoms with Gasteiger partial charge in [-0.3, -0.25) is 10.0 Å². The number of methoxy groups -OCH3 is 4. The summed E-state index contributed by atoms with van der Waals surface area (Å²) in [4.78, 5) is 10.9. The highest BCUT2D eigenvalue weighted by atomic mass is 32.2. The Balaban J connectivity index is 2.34. The van der Waals surface area contributed by atoms with Crippen molar-refractivity contribution in [3.05, 3.63) is 41.3 Å². The number of benzene rings is 2. The second-order valence-electron chi connectivity index (χ2n) is 5.74. The van der Waals surface area contributed by atoms with Crippen LogP contribution in [-0.2, 0) is 10.0 Å². The zero-order chi connectivity index (χ0) is 22.3. The number of carboxylic acid groups (broad SMARTS) is 1. The molecule has 0 atom stereocenters. The van der Waals surface area contributed by atoms with Crippen molar-refractivity contribution in [2.45, 2.75) is 0 Å². The molecule has 1 amide bonds. The van der Waals surface area contributed by atoms with Gasteiger partial charge >= 0.3 is 6.09 Å². The van der Waals surface area contributed by atoms with Crippen LogP contribution in [0.25, 0.3) is 6.08 Å². The molecule has 162 valence electrons. The first-order chi connectivity index (χ1) is 14.2. The van der Waals surface area contributed by atoms with Crippen molar-refractivity contribution in [3.8, 4) is 23.0 Å². The standard InChI is InChI=1S/C19H22N2O8S/c1-26-13-10-17(28-3)14(18(11-13)29-4)7-8-30(24,25)21-12-5-6-16(27-2)15(9-12)20-19(22)23/h5-11,20-21H,1-4H3,(H,22,23)/b8-7+. The zero-order valence-electron chi connectivity index (χ0n) is 16.8. The molecular weight excluding hydrogens is 416 g/mol. The highest BCUT2D eigenvalue weighted by Gasteiger charge is 2.14. The Morgan fingerprint density at radius 3 is 2.03 bits per heavy atom. The Bertz CT molecular complexity index is 1030.